The van der Waals surface area contributed by atoms with Gasteiger partial charge in [0.1, 0.15) is 0 Å². The number of amides is 1. The average molecular weight is 390 g/mol. The minimum atomic E-state index is -3.63. The normalized spacial score (nSPS) is 11.6. The third kappa shape index (κ3) is 3.49. The summed E-state index contributed by atoms with van der Waals surface area (Å²) in [6.07, 6.45) is 1.57. The molecule has 6 nitrogen and oxygen atoms in total. The van der Waals surface area contributed by atoms with Gasteiger partial charge in [0.2, 0.25) is 10.0 Å². The number of carbonyl (C=O) groups excluding carboxylic acids is 1. The van der Waals surface area contributed by atoms with Gasteiger partial charge in [-0.15, -0.1) is 11.3 Å². The summed E-state index contributed by atoms with van der Waals surface area (Å²) < 4.78 is 25.9. The van der Waals surface area contributed by atoms with Crippen molar-refractivity contribution in [3.63, 3.8) is 0 Å². The van der Waals surface area contributed by atoms with Crippen molar-refractivity contribution in [2.45, 2.75) is 4.90 Å². The molecule has 0 aliphatic carbocycles. The lowest BCUT2D eigenvalue weighted by atomic mass is 10.2. The molecule has 112 valence electrons. The standard InChI is InChI=1S/C12H12BrN3O3S2/c1-16(2)21(18,19)10-7-8(3-4-9(10)13)11(17)15-12-14-5-6-20-12/h3-7H,1-2H3,(H,14,15,17). The summed E-state index contributed by atoms with van der Waals surface area (Å²) in [5, 5.41) is 4.80. The minimum absolute atomic E-state index is 0.0410. The number of sulfonamides is 1. The summed E-state index contributed by atoms with van der Waals surface area (Å²) in [5.41, 5.74) is 0.244. The molecule has 0 spiro atoms. The quantitative estimate of drug-likeness (QED) is 0.870. The highest BCUT2D eigenvalue weighted by atomic mass is 79.9. The Labute approximate surface area is 135 Å². The first kappa shape index (κ1) is 16.1. The van der Waals surface area contributed by atoms with Gasteiger partial charge in [0.05, 0.1) is 4.90 Å². The van der Waals surface area contributed by atoms with Crippen LogP contribution in [0.25, 0.3) is 0 Å². The fraction of sp³-hybridized carbons (Fsp3) is 0.167. The molecule has 0 fully saturated rings. The van der Waals surface area contributed by atoms with E-state index in [0.29, 0.717) is 9.60 Å². The van der Waals surface area contributed by atoms with Crippen LogP contribution in [0.4, 0.5) is 5.13 Å². The van der Waals surface area contributed by atoms with Gasteiger partial charge < -0.3 is 0 Å². The summed E-state index contributed by atoms with van der Waals surface area (Å²) in [6.45, 7) is 0. The average Bonchev–Trinajstić information content (AvgIpc) is 2.91. The summed E-state index contributed by atoms with van der Waals surface area (Å²) in [7, 11) is -0.763. The zero-order valence-electron chi connectivity index (χ0n) is 11.2. The Morgan fingerprint density at radius 1 is 1.38 bits per heavy atom. The molecule has 0 atom stereocenters. The van der Waals surface area contributed by atoms with Crippen LogP contribution in [-0.2, 0) is 10.0 Å². The van der Waals surface area contributed by atoms with Crippen LogP contribution in [0.15, 0.2) is 39.1 Å². The zero-order chi connectivity index (χ0) is 15.6. The molecule has 0 aliphatic heterocycles. The molecule has 1 N–H and O–H groups in total. The molecule has 1 aromatic heterocycles. The maximum Gasteiger partial charge on any atom is 0.257 e. The molecule has 0 aliphatic rings. The predicted molar refractivity (Wildman–Crippen MR) is 85.1 cm³/mol. The van der Waals surface area contributed by atoms with Crippen LogP contribution >= 0.6 is 27.3 Å². The van der Waals surface area contributed by atoms with E-state index in [0.717, 1.165) is 4.31 Å². The SMILES string of the molecule is CN(C)S(=O)(=O)c1cc(C(=O)Nc2nccs2)ccc1Br. The van der Waals surface area contributed by atoms with Crippen LogP contribution in [0.3, 0.4) is 0 Å². The molecular weight excluding hydrogens is 378 g/mol. The number of nitrogens with zero attached hydrogens (tertiary/aromatic N) is 2. The van der Waals surface area contributed by atoms with Gasteiger partial charge >= 0.3 is 0 Å². The number of hydrogen-bond donors (Lipinski definition) is 1. The maximum absolute atomic E-state index is 12.2. The fourth-order valence-corrected chi connectivity index (χ4v) is 3.86. The number of nitrogens with one attached hydrogen (secondary N) is 1. The van der Waals surface area contributed by atoms with Crippen LogP contribution in [-0.4, -0.2) is 37.7 Å². The molecule has 1 amide bonds. The lowest BCUT2D eigenvalue weighted by Crippen LogP contribution is -2.23. The van der Waals surface area contributed by atoms with E-state index in [1.54, 1.807) is 17.6 Å². The van der Waals surface area contributed by atoms with Crippen molar-refractivity contribution >= 4 is 48.3 Å². The molecule has 21 heavy (non-hydrogen) atoms. The molecule has 1 aromatic carbocycles. The molecule has 2 aromatic rings. The molecule has 9 heteroatoms. The van der Waals surface area contributed by atoms with Crippen molar-refractivity contribution in [3.8, 4) is 0 Å². The highest BCUT2D eigenvalue weighted by Crippen LogP contribution is 2.25. The van der Waals surface area contributed by atoms with Gasteiger partial charge in [-0.3, -0.25) is 10.1 Å². The Morgan fingerprint density at radius 3 is 2.67 bits per heavy atom. The van der Waals surface area contributed by atoms with Crippen molar-refractivity contribution < 1.29 is 13.2 Å². The summed E-state index contributed by atoms with van der Waals surface area (Å²) in [4.78, 5) is 16.1. The van der Waals surface area contributed by atoms with Crippen molar-refractivity contribution in [1.82, 2.24) is 9.29 Å². The first-order valence-electron chi connectivity index (χ1n) is 5.75. The minimum Gasteiger partial charge on any atom is -0.298 e. The van der Waals surface area contributed by atoms with Crippen LogP contribution in [0.5, 0.6) is 0 Å². The second kappa shape index (κ2) is 6.22. The second-order valence-corrected chi connectivity index (χ2v) is 8.09. The summed E-state index contributed by atoms with van der Waals surface area (Å²) in [6, 6.07) is 4.41. The van der Waals surface area contributed by atoms with Crippen molar-refractivity contribution in [3.05, 3.63) is 39.8 Å². The lowest BCUT2D eigenvalue weighted by molar-refractivity contribution is 0.102. The number of benzene rings is 1. The van der Waals surface area contributed by atoms with Crippen molar-refractivity contribution in [2.75, 3.05) is 19.4 Å². The first-order chi connectivity index (χ1) is 9.82. The Balaban J connectivity index is 2.37. The third-order valence-corrected chi connectivity index (χ3v) is 6.10. The fourth-order valence-electron chi connectivity index (χ4n) is 1.49. The molecule has 1 heterocycles. The molecule has 0 radical (unpaired) electrons. The monoisotopic (exact) mass is 389 g/mol. The third-order valence-electron chi connectivity index (χ3n) is 2.60. The van der Waals surface area contributed by atoms with Crippen LogP contribution in [0.2, 0.25) is 0 Å². The number of halogens is 1. The van der Waals surface area contributed by atoms with Crippen LogP contribution < -0.4 is 5.32 Å². The van der Waals surface area contributed by atoms with E-state index in [4.69, 9.17) is 0 Å². The van der Waals surface area contributed by atoms with E-state index >= 15 is 0 Å². The van der Waals surface area contributed by atoms with E-state index in [1.165, 1.54) is 37.6 Å². The second-order valence-electron chi connectivity index (χ2n) is 4.22. The van der Waals surface area contributed by atoms with Gasteiger partial charge in [-0.2, -0.15) is 0 Å². The van der Waals surface area contributed by atoms with E-state index < -0.39 is 15.9 Å². The Morgan fingerprint density at radius 2 is 2.10 bits per heavy atom. The van der Waals surface area contributed by atoms with Crippen LogP contribution in [0.1, 0.15) is 10.4 Å². The zero-order valence-corrected chi connectivity index (χ0v) is 14.4. The predicted octanol–water partition coefficient (Wildman–Crippen LogP) is 2.41. The summed E-state index contributed by atoms with van der Waals surface area (Å²) >= 11 is 4.48. The van der Waals surface area contributed by atoms with Crippen LogP contribution in [0, 0.1) is 0 Å². The largest absolute Gasteiger partial charge is 0.298 e. The molecular formula is C12H12BrN3O3S2. The summed E-state index contributed by atoms with van der Waals surface area (Å²) in [5.74, 6) is -0.410. The van der Waals surface area contributed by atoms with Gasteiger partial charge in [-0.05, 0) is 34.1 Å². The molecule has 2 rings (SSSR count). The Kier molecular flexibility index (Phi) is 4.77. The lowest BCUT2D eigenvalue weighted by Gasteiger charge is -2.13. The number of anilines is 1. The van der Waals surface area contributed by atoms with E-state index in [1.807, 2.05) is 0 Å². The van der Waals surface area contributed by atoms with Gasteiger partial charge in [0.15, 0.2) is 5.13 Å². The van der Waals surface area contributed by atoms with Gasteiger partial charge in [0, 0.05) is 35.7 Å². The Hall–Kier alpha value is -1.29. The van der Waals surface area contributed by atoms with Gasteiger partial charge in [0.25, 0.3) is 5.91 Å². The van der Waals surface area contributed by atoms with E-state index in [2.05, 4.69) is 26.2 Å². The maximum atomic E-state index is 12.2. The van der Waals surface area contributed by atoms with Gasteiger partial charge in [-0.25, -0.2) is 17.7 Å². The molecule has 0 bridgehead atoms. The number of hydrogen-bond acceptors (Lipinski definition) is 5. The molecule has 0 saturated carbocycles. The Bertz CT molecular complexity index is 758. The number of rotatable bonds is 4. The van der Waals surface area contributed by atoms with Crippen molar-refractivity contribution in [1.29, 1.82) is 0 Å². The van der Waals surface area contributed by atoms with Crippen molar-refractivity contribution in [2.24, 2.45) is 0 Å². The number of carbonyl (C=O) groups is 1. The van der Waals surface area contributed by atoms with E-state index in [9.17, 15) is 13.2 Å². The number of thiazole rings is 1. The number of aromatic nitrogens is 1. The molecule has 0 saturated heterocycles. The smallest absolute Gasteiger partial charge is 0.257 e. The highest BCUT2D eigenvalue weighted by molar-refractivity contribution is 9.10. The first-order valence-corrected chi connectivity index (χ1v) is 8.86. The topological polar surface area (TPSA) is 79.4 Å². The highest BCUT2D eigenvalue weighted by Gasteiger charge is 2.22. The molecule has 0 unspecified atom stereocenters. The van der Waals surface area contributed by atoms with E-state index in [-0.39, 0.29) is 10.5 Å². The van der Waals surface area contributed by atoms with Gasteiger partial charge in [-0.1, -0.05) is 0 Å².